The molecular formula is C26H27ClN2O. The summed E-state index contributed by atoms with van der Waals surface area (Å²) in [7, 11) is 0. The minimum atomic E-state index is -0.0479. The van der Waals surface area contributed by atoms with Gasteiger partial charge in [-0.15, -0.1) is 6.58 Å². The molecule has 1 amide bonds. The molecule has 1 N–H and O–H groups in total. The number of pyridine rings is 1. The molecular weight excluding hydrogens is 392 g/mol. The SMILES string of the molecule is C=CC[C@@H](C(=O)Nc1ccc(Cl)cc1)[C@H]1CC[C@@H](c2ccnc3ccccc32)CC1. The molecule has 1 aromatic heterocycles. The minimum Gasteiger partial charge on any atom is -0.326 e. The Balaban J connectivity index is 1.44. The van der Waals surface area contributed by atoms with Crippen molar-refractivity contribution in [3.63, 3.8) is 0 Å². The number of allylic oxidation sites excluding steroid dienone is 1. The number of hydrogen-bond acceptors (Lipinski definition) is 2. The predicted octanol–water partition coefficient (Wildman–Crippen LogP) is 6.99. The van der Waals surface area contributed by atoms with E-state index in [0.717, 1.165) is 36.9 Å². The fourth-order valence-electron chi connectivity index (χ4n) is 4.77. The lowest BCUT2D eigenvalue weighted by molar-refractivity contribution is -0.121. The second kappa shape index (κ2) is 9.44. The van der Waals surface area contributed by atoms with E-state index in [0.29, 0.717) is 23.3 Å². The molecule has 1 aliphatic rings. The number of anilines is 1. The Labute approximate surface area is 183 Å². The Morgan fingerprint density at radius 1 is 1.10 bits per heavy atom. The molecule has 1 atom stereocenters. The van der Waals surface area contributed by atoms with E-state index in [1.165, 1.54) is 10.9 Å². The number of fused-ring (bicyclic) bond motifs is 1. The summed E-state index contributed by atoms with van der Waals surface area (Å²) in [6, 6.07) is 17.8. The van der Waals surface area contributed by atoms with Crippen LogP contribution in [0.15, 0.2) is 73.4 Å². The first-order valence-electron chi connectivity index (χ1n) is 10.7. The van der Waals surface area contributed by atoms with Gasteiger partial charge in [0, 0.05) is 28.2 Å². The quantitative estimate of drug-likeness (QED) is 0.438. The number of aromatic nitrogens is 1. The Morgan fingerprint density at radius 2 is 1.83 bits per heavy atom. The maximum atomic E-state index is 13.0. The predicted molar refractivity (Wildman–Crippen MR) is 125 cm³/mol. The lowest BCUT2D eigenvalue weighted by Crippen LogP contribution is -2.31. The highest BCUT2D eigenvalue weighted by atomic mass is 35.5. The maximum Gasteiger partial charge on any atom is 0.228 e. The number of carbonyl (C=O) groups excluding carboxylic acids is 1. The average Bonchev–Trinajstić information content (AvgIpc) is 2.79. The largest absolute Gasteiger partial charge is 0.326 e. The van der Waals surface area contributed by atoms with Gasteiger partial charge in [-0.2, -0.15) is 0 Å². The summed E-state index contributed by atoms with van der Waals surface area (Å²) in [6.45, 7) is 3.89. The second-order valence-corrected chi connectivity index (χ2v) is 8.59. The van der Waals surface area contributed by atoms with Gasteiger partial charge in [0.05, 0.1) is 5.52 Å². The molecule has 154 valence electrons. The summed E-state index contributed by atoms with van der Waals surface area (Å²) in [4.78, 5) is 17.5. The smallest absolute Gasteiger partial charge is 0.228 e. The van der Waals surface area contributed by atoms with Crippen LogP contribution in [0.5, 0.6) is 0 Å². The van der Waals surface area contributed by atoms with E-state index in [4.69, 9.17) is 11.6 Å². The molecule has 1 aliphatic carbocycles. The van der Waals surface area contributed by atoms with E-state index >= 15 is 0 Å². The molecule has 1 saturated carbocycles. The van der Waals surface area contributed by atoms with Crippen molar-refractivity contribution < 1.29 is 4.79 Å². The van der Waals surface area contributed by atoms with Crippen molar-refractivity contribution in [2.45, 2.75) is 38.0 Å². The first-order chi connectivity index (χ1) is 14.7. The Bertz CT molecular complexity index is 1020. The molecule has 0 aliphatic heterocycles. The third-order valence-electron chi connectivity index (χ3n) is 6.33. The molecule has 0 spiro atoms. The van der Waals surface area contributed by atoms with Gasteiger partial charge in [-0.3, -0.25) is 9.78 Å². The van der Waals surface area contributed by atoms with E-state index in [-0.39, 0.29) is 11.8 Å². The molecule has 4 rings (SSSR count). The van der Waals surface area contributed by atoms with Crippen LogP contribution in [0.1, 0.15) is 43.6 Å². The van der Waals surface area contributed by atoms with Crippen LogP contribution in [0, 0.1) is 11.8 Å². The zero-order valence-corrected chi connectivity index (χ0v) is 17.8. The monoisotopic (exact) mass is 418 g/mol. The zero-order valence-electron chi connectivity index (χ0n) is 17.1. The number of benzene rings is 2. The van der Waals surface area contributed by atoms with Crippen molar-refractivity contribution in [3.05, 3.63) is 84.0 Å². The summed E-state index contributed by atoms with van der Waals surface area (Å²) in [5, 5.41) is 4.99. The number of nitrogens with one attached hydrogen (secondary N) is 1. The number of amides is 1. The zero-order chi connectivity index (χ0) is 20.9. The summed E-state index contributed by atoms with van der Waals surface area (Å²) < 4.78 is 0. The van der Waals surface area contributed by atoms with Crippen LogP contribution in [0.3, 0.4) is 0 Å². The van der Waals surface area contributed by atoms with Crippen molar-refractivity contribution in [1.82, 2.24) is 4.98 Å². The van der Waals surface area contributed by atoms with Crippen LogP contribution in [0.2, 0.25) is 5.02 Å². The van der Waals surface area contributed by atoms with Crippen LogP contribution in [-0.4, -0.2) is 10.9 Å². The molecule has 3 nitrogen and oxygen atoms in total. The Hall–Kier alpha value is -2.65. The van der Waals surface area contributed by atoms with Gasteiger partial charge < -0.3 is 5.32 Å². The number of hydrogen-bond donors (Lipinski definition) is 1. The van der Waals surface area contributed by atoms with Crippen molar-refractivity contribution in [2.75, 3.05) is 5.32 Å². The Morgan fingerprint density at radius 3 is 2.57 bits per heavy atom. The topological polar surface area (TPSA) is 42.0 Å². The molecule has 3 aromatic rings. The van der Waals surface area contributed by atoms with Gasteiger partial charge >= 0.3 is 0 Å². The van der Waals surface area contributed by atoms with Gasteiger partial charge in [0.1, 0.15) is 0 Å². The third kappa shape index (κ3) is 4.57. The molecule has 0 bridgehead atoms. The highest BCUT2D eigenvalue weighted by Crippen LogP contribution is 2.41. The molecule has 1 fully saturated rings. The summed E-state index contributed by atoms with van der Waals surface area (Å²) in [6.07, 6.45) is 8.79. The van der Waals surface area contributed by atoms with Crippen LogP contribution in [0.4, 0.5) is 5.69 Å². The van der Waals surface area contributed by atoms with Gasteiger partial charge in [0.25, 0.3) is 0 Å². The molecule has 0 unspecified atom stereocenters. The van der Waals surface area contributed by atoms with Crippen molar-refractivity contribution in [1.29, 1.82) is 0 Å². The first kappa shape index (κ1) is 20.6. The van der Waals surface area contributed by atoms with Gasteiger partial charge in [-0.25, -0.2) is 0 Å². The molecule has 1 heterocycles. The van der Waals surface area contributed by atoms with Gasteiger partial charge in [0.2, 0.25) is 5.91 Å². The van der Waals surface area contributed by atoms with Crippen LogP contribution < -0.4 is 5.32 Å². The Kier molecular flexibility index (Phi) is 6.49. The lowest BCUT2D eigenvalue weighted by Gasteiger charge is -2.33. The van der Waals surface area contributed by atoms with E-state index in [2.05, 4.69) is 41.1 Å². The van der Waals surface area contributed by atoms with Gasteiger partial charge in [0.15, 0.2) is 0 Å². The normalized spacial score (nSPS) is 19.9. The summed E-state index contributed by atoms with van der Waals surface area (Å²) in [5.41, 5.74) is 3.24. The number of rotatable bonds is 6. The van der Waals surface area contributed by atoms with Gasteiger partial charge in [-0.1, -0.05) is 35.9 Å². The number of carbonyl (C=O) groups is 1. The standard InChI is InChI=1S/C26H27ClN2O/c1-2-5-23(26(30)29-21-14-12-20(27)13-15-21)19-10-8-18(9-11-19)22-16-17-28-25-7-4-3-6-24(22)25/h2-4,6-7,12-19,23H,1,5,8-11H2,(H,29,30)/t18-,19+,23-/m1/s1. The lowest BCUT2D eigenvalue weighted by atomic mass is 9.72. The fourth-order valence-corrected chi connectivity index (χ4v) is 4.89. The molecule has 2 aromatic carbocycles. The van der Waals surface area contributed by atoms with Crippen LogP contribution in [0.25, 0.3) is 10.9 Å². The molecule has 0 radical (unpaired) electrons. The van der Waals surface area contributed by atoms with E-state index in [1.807, 2.05) is 30.5 Å². The van der Waals surface area contributed by atoms with Crippen molar-refractivity contribution >= 4 is 34.1 Å². The van der Waals surface area contributed by atoms with Crippen LogP contribution >= 0.6 is 11.6 Å². The number of nitrogens with zero attached hydrogens (tertiary/aromatic N) is 1. The van der Waals surface area contributed by atoms with E-state index in [9.17, 15) is 4.79 Å². The summed E-state index contributed by atoms with van der Waals surface area (Å²) >= 11 is 5.95. The molecule has 0 saturated heterocycles. The minimum absolute atomic E-state index is 0.0479. The van der Waals surface area contributed by atoms with Gasteiger partial charge in [-0.05, 0) is 85.9 Å². The fraction of sp³-hybridized carbons (Fsp3) is 0.308. The van der Waals surface area contributed by atoms with Crippen molar-refractivity contribution in [3.8, 4) is 0 Å². The highest BCUT2D eigenvalue weighted by Gasteiger charge is 2.32. The van der Waals surface area contributed by atoms with E-state index in [1.54, 1.807) is 12.1 Å². The molecule has 30 heavy (non-hydrogen) atoms. The van der Waals surface area contributed by atoms with Crippen molar-refractivity contribution in [2.24, 2.45) is 11.8 Å². The highest BCUT2D eigenvalue weighted by molar-refractivity contribution is 6.30. The maximum absolute atomic E-state index is 13.0. The number of para-hydroxylation sites is 1. The molecule has 4 heteroatoms. The second-order valence-electron chi connectivity index (χ2n) is 8.16. The average molecular weight is 419 g/mol. The number of halogens is 1. The first-order valence-corrected chi connectivity index (χ1v) is 11.0. The van der Waals surface area contributed by atoms with Crippen LogP contribution in [-0.2, 0) is 4.79 Å². The summed E-state index contributed by atoms with van der Waals surface area (Å²) in [5.74, 6) is 0.931. The van der Waals surface area contributed by atoms with E-state index < -0.39 is 0 Å². The third-order valence-corrected chi connectivity index (χ3v) is 6.58.